The number of hydrogen-bond acceptors (Lipinski definition) is 3. The quantitative estimate of drug-likeness (QED) is 0.579. The van der Waals surface area contributed by atoms with Gasteiger partial charge in [-0.3, -0.25) is 9.59 Å². The Hall–Kier alpha value is -0.900. The van der Waals surface area contributed by atoms with E-state index >= 15 is 0 Å². The molecule has 0 spiro atoms. The number of carboxylic acids is 1. The lowest BCUT2D eigenvalue weighted by molar-refractivity contribution is -0.140. The van der Waals surface area contributed by atoms with E-state index in [1.54, 1.807) is 13.8 Å². The second-order valence-electron chi connectivity index (χ2n) is 2.19. The zero-order valence-corrected chi connectivity index (χ0v) is 6.26. The molecule has 0 saturated heterocycles. The number of Topliss-reactive ketones (excluding diaryl/α,β-unsaturated/α-hetero) is 1. The van der Waals surface area contributed by atoms with Gasteiger partial charge in [-0.25, -0.2) is 0 Å². The third-order valence-electron chi connectivity index (χ3n) is 0.969. The highest BCUT2D eigenvalue weighted by molar-refractivity contribution is 5.95. The topological polar surface area (TPSA) is 89.4 Å². The van der Waals surface area contributed by atoms with Gasteiger partial charge in [-0.1, -0.05) is 13.8 Å². The van der Waals surface area contributed by atoms with Gasteiger partial charge in [-0.2, -0.15) is 0 Å². The summed E-state index contributed by atoms with van der Waals surface area (Å²) in [5.41, 5.74) is 0. The van der Waals surface area contributed by atoms with Crippen molar-refractivity contribution in [3.63, 3.8) is 0 Å². The largest absolute Gasteiger partial charge is 0.481 e. The standard InChI is InChI=1S/C6H10O3.H3N/c1-4(2)5(7)3-6(8)9;/h4H,3H2,1-2H3,(H,8,9);1H3. The highest BCUT2D eigenvalue weighted by Crippen LogP contribution is 1.97. The van der Waals surface area contributed by atoms with E-state index in [9.17, 15) is 9.59 Å². The molecule has 0 unspecified atom stereocenters. The molecule has 0 radical (unpaired) electrons. The Morgan fingerprint density at radius 1 is 1.40 bits per heavy atom. The summed E-state index contributed by atoms with van der Waals surface area (Å²) in [4.78, 5) is 20.5. The van der Waals surface area contributed by atoms with Crippen molar-refractivity contribution in [3.8, 4) is 0 Å². The first-order valence-electron chi connectivity index (χ1n) is 2.78. The number of carboxylic acid groups (broad SMARTS) is 1. The van der Waals surface area contributed by atoms with E-state index in [0.717, 1.165) is 0 Å². The summed E-state index contributed by atoms with van der Waals surface area (Å²) in [5.74, 6) is -1.43. The predicted molar refractivity (Wildman–Crippen MR) is 37.1 cm³/mol. The van der Waals surface area contributed by atoms with Gasteiger partial charge in [0.2, 0.25) is 0 Å². The molecule has 0 heterocycles. The van der Waals surface area contributed by atoms with E-state index in [1.807, 2.05) is 0 Å². The smallest absolute Gasteiger partial charge is 0.310 e. The first-order valence-corrected chi connectivity index (χ1v) is 2.78. The molecule has 60 valence electrons. The van der Waals surface area contributed by atoms with Crippen LogP contribution >= 0.6 is 0 Å². The van der Waals surface area contributed by atoms with Gasteiger partial charge >= 0.3 is 5.97 Å². The van der Waals surface area contributed by atoms with Crippen molar-refractivity contribution in [2.24, 2.45) is 5.92 Å². The molecule has 4 nitrogen and oxygen atoms in total. The van der Waals surface area contributed by atoms with Crippen LogP contribution in [0.25, 0.3) is 0 Å². The molecule has 0 bridgehead atoms. The SMILES string of the molecule is CC(C)C(=O)CC(=O)O.N. The van der Waals surface area contributed by atoms with Crippen LogP contribution in [-0.2, 0) is 9.59 Å². The lowest BCUT2D eigenvalue weighted by Crippen LogP contribution is -2.12. The molecular formula is C6H13NO3. The minimum atomic E-state index is -1.05. The Morgan fingerprint density at radius 3 is 1.90 bits per heavy atom. The fraction of sp³-hybridized carbons (Fsp3) is 0.667. The van der Waals surface area contributed by atoms with Crippen LogP contribution in [0.5, 0.6) is 0 Å². The molecular weight excluding hydrogens is 134 g/mol. The molecule has 4 heteroatoms. The van der Waals surface area contributed by atoms with Crippen LogP contribution in [0.2, 0.25) is 0 Å². The van der Waals surface area contributed by atoms with Gasteiger partial charge in [0.15, 0.2) is 0 Å². The average Bonchev–Trinajstić information content (AvgIpc) is 1.63. The monoisotopic (exact) mass is 147 g/mol. The Morgan fingerprint density at radius 2 is 1.80 bits per heavy atom. The average molecular weight is 147 g/mol. The molecule has 0 aliphatic carbocycles. The number of carbonyl (C=O) groups excluding carboxylic acids is 1. The minimum Gasteiger partial charge on any atom is -0.481 e. The van der Waals surface area contributed by atoms with E-state index in [4.69, 9.17) is 5.11 Å². The van der Waals surface area contributed by atoms with Gasteiger partial charge in [0, 0.05) is 5.92 Å². The summed E-state index contributed by atoms with van der Waals surface area (Å²) >= 11 is 0. The third kappa shape index (κ3) is 5.24. The summed E-state index contributed by atoms with van der Waals surface area (Å²) in [6, 6.07) is 0. The highest BCUT2D eigenvalue weighted by atomic mass is 16.4. The normalized spacial score (nSPS) is 8.70. The van der Waals surface area contributed by atoms with Gasteiger partial charge in [0.1, 0.15) is 12.2 Å². The fourth-order valence-corrected chi connectivity index (χ4v) is 0.353. The van der Waals surface area contributed by atoms with Gasteiger partial charge in [-0.05, 0) is 0 Å². The maximum absolute atomic E-state index is 10.6. The minimum absolute atomic E-state index is 0. The molecule has 0 aromatic carbocycles. The van der Waals surface area contributed by atoms with Crippen molar-refractivity contribution in [1.29, 1.82) is 0 Å². The maximum atomic E-state index is 10.6. The molecule has 0 fully saturated rings. The molecule has 10 heavy (non-hydrogen) atoms. The van der Waals surface area contributed by atoms with E-state index in [2.05, 4.69) is 0 Å². The molecule has 0 aliphatic heterocycles. The lowest BCUT2D eigenvalue weighted by Gasteiger charge is -1.97. The third-order valence-corrected chi connectivity index (χ3v) is 0.969. The van der Waals surface area contributed by atoms with Gasteiger partial charge in [0.05, 0.1) is 0 Å². The highest BCUT2D eigenvalue weighted by Gasteiger charge is 2.10. The second-order valence-corrected chi connectivity index (χ2v) is 2.19. The van der Waals surface area contributed by atoms with Gasteiger partial charge in [0.25, 0.3) is 0 Å². The summed E-state index contributed by atoms with van der Waals surface area (Å²) in [7, 11) is 0. The van der Waals surface area contributed by atoms with Crippen molar-refractivity contribution in [3.05, 3.63) is 0 Å². The molecule has 0 aliphatic rings. The van der Waals surface area contributed by atoms with Crippen molar-refractivity contribution in [2.45, 2.75) is 20.3 Å². The Labute approximate surface area is 59.8 Å². The zero-order valence-electron chi connectivity index (χ0n) is 6.26. The van der Waals surface area contributed by atoms with Crippen molar-refractivity contribution in [2.75, 3.05) is 0 Å². The molecule has 0 saturated carbocycles. The van der Waals surface area contributed by atoms with Crippen LogP contribution in [-0.4, -0.2) is 16.9 Å². The van der Waals surface area contributed by atoms with Crippen LogP contribution in [0.4, 0.5) is 0 Å². The Kier molecular flexibility index (Phi) is 5.84. The molecule has 0 amide bonds. The Balaban J connectivity index is 0. The lowest BCUT2D eigenvalue weighted by atomic mass is 10.1. The summed E-state index contributed by atoms with van der Waals surface area (Å²) in [5, 5.41) is 8.11. The summed E-state index contributed by atoms with van der Waals surface area (Å²) in [6.45, 7) is 3.37. The number of hydrogen-bond donors (Lipinski definition) is 2. The van der Waals surface area contributed by atoms with Crippen molar-refractivity contribution >= 4 is 11.8 Å². The molecule has 0 atom stereocenters. The van der Waals surface area contributed by atoms with E-state index in [1.165, 1.54) is 0 Å². The second kappa shape index (κ2) is 4.93. The number of aliphatic carboxylic acids is 1. The van der Waals surface area contributed by atoms with Gasteiger partial charge < -0.3 is 11.3 Å². The molecule has 0 rings (SSSR count). The zero-order chi connectivity index (χ0) is 7.44. The fourth-order valence-electron chi connectivity index (χ4n) is 0.353. The number of ketones is 1. The van der Waals surface area contributed by atoms with Crippen LogP contribution in [0.3, 0.4) is 0 Å². The number of carbonyl (C=O) groups is 2. The maximum Gasteiger partial charge on any atom is 0.310 e. The Bertz CT molecular complexity index is 131. The van der Waals surface area contributed by atoms with Crippen LogP contribution in [0.15, 0.2) is 0 Å². The molecule has 0 aromatic heterocycles. The number of rotatable bonds is 3. The van der Waals surface area contributed by atoms with Crippen molar-refractivity contribution < 1.29 is 14.7 Å². The van der Waals surface area contributed by atoms with Gasteiger partial charge in [-0.15, -0.1) is 0 Å². The van der Waals surface area contributed by atoms with E-state index in [0.29, 0.717) is 0 Å². The van der Waals surface area contributed by atoms with Crippen LogP contribution < -0.4 is 6.15 Å². The van der Waals surface area contributed by atoms with Crippen LogP contribution in [0.1, 0.15) is 20.3 Å². The van der Waals surface area contributed by atoms with Crippen molar-refractivity contribution in [1.82, 2.24) is 6.15 Å². The first kappa shape index (κ1) is 11.8. The molecule has 0 aromatic rings. The summed E-state index contributed by atoms with van der Waals surface area (Å²) in [6.07, 6.45) is -0.350. The molecule has 4 N–H and O–H groups in total. The van der Waals surface area contributed by atoms with E-state index < -0.39 is 5.97 Å². The summed E-state index contributed by atoms with van der Waals surface area (Å²) < 4.78 is 0. The first-order chi connectivity index (χ1) is 4.04. The van der Waals surface area contributed by atoms with E-state index in [-0.39, 0.29) is 24.3 Å². The predicted octanol–water partition coefficient (Wildman–Crippen LogP) is 0.848. The van der Waals surface area contributed by atoms with Crippen LogP contribution in [0, 0.1) is 5.92 Å².